The molecule has 96 valence electrons. The van der Waals surface area contributed by atoms with Crippen molar-refractivity contribution in [1.82, 2.24) is 5.32 Å². The molecular formula is C14H22ClNS. The van der Waals surface area contributed by atoms with E-state index in [1.807, 2.05) is 23.9 Å². The summed E-state index contributed by atoms with van der Waals surface area (Å²) in [5.41, 5.74) is 1.30. The zero-order valence-corrected chi connectivity index (χ0v) is 12.3. The summed E-state index contributed by atoms with van der Waals surface area (Å²) in [6, 6.07) is 8.61. The predicted molar refractivity (Wildman–Crippen MR) is 80.1 cm³/mol. The third-order valence-corrected chi connectivity index (χ3v) is 4.03. The van der Waals surface area contributed by atoms with Gasteiger partial charge in [0.05, 0.1) is 0 Å². The van der Waals surface area contributed by atoms with Gasteiger partial charge in [-0.15, -0.1) is 0 Å². The van der Waals surface area contributed by atoms with Crippen LogP contribution < -0.4 is 5.32 Å². The summed E-state index contributed by atoms with van der Waals surface area (Å²) >= 11 is 8.06. The maximum Gasteiger partial charge on any atom is 0.0412 e. The molecule has 1 rings (SSSR count). The van der Waals surface area contributed by atoms with E-state index in [4.69, 9.17) is 11.6 Å². The monoisotopic (exact) mass is 271 g/mol. The van der Waals surface area contributed by atoms with Gasteiger partial charge in [0, 0.05) is 16.8 Å². The minimum Gasteiger partial charge on any atom is -0.309 e. The Kier molecular flexibility index (Phi) is 7.74. The van der Waals surface area contributed by atoms with Crippen molar-refractivity contribution in [2.75, 3.05) is 18.1 Å². The lowest BCUT2D eigenvalue weighted by atomic mass is 10.1. The van der Waals surface area contributed by atoms with Crippen molar-refractivity contribution >= 4 is 23.4 Å². The van der Waals surface area contributed by atoms with Crippen LogP contribution in [0.25, 0.3) is 0 Å². The van der Waals surface area contributed by atoms with Gasteiger partial charge in [0.15, 0.2) is 0 Å². The van der Waals surface area contributed by atoms with Gasteiger partial charge in [-0.1, -0.05) is 37.6 Å². The topological polar surface area (TPSA) is 12.0 Å². The summed E-state index contributed by atoms with van der Waals surface area (Å²) in [5.74, 6) is 2.35. The third kappa shape index (κ3) is 5.80. The van der Waals surface area contributed by atoms with Crippen molar-refractivity contribution in [3.8, 4) is 0 Å². The van der Waals surface area contributed by atoms with Crippen LogP contribution >= 0.6 is 23.4 Å². The average molecular weight is 272 g/mol. The van der Waals surface area contributed by atoms with Crippen LogP contribution in [-0.4, -0.2) is 18.1 Å². The standard InChI is InChI=1S/C14H22ClNS/c1-3-8-16-14(11-17-9-4-2)12-6-5-7-13(15)10-12/h5-7,10,14,16H,3-4,8-9,11H2,1-2H3. The lowest BCUT2D eigenvalue weighted by Gasteiger charge is -2.18. The number of hydrogen-bond acceptors (Lipinski definition) is 2. The molecule has 3 heteroatoms. The third-order valence-electron chi connectivity index (χ3n) is 2.52. The molecule has 0 aliphatic heterocycles. The van der Waals surface area contributed by atoms with Crippen LogP contribution in [-0.2, 0) is 0 Å². The first-order valence-corrected chi connectivity index (χ1v) is 7.87. The predicted octanol–water partition coefficient (Wildman–Crippen LogP) is 4.52. The van der Waals surface area contributed by atoms with Gasteiger partial charge >= 0.3 is 0 Å². The van der Waals surface area contributed by atoms with Gasteiger partial charge in [0.25, 0.3) is 0 Å². The molecule has 0 bridgehead atoms. The van der Waals surface area contributed by atoms with Crippen molar-refractivity contribution in [2.45, 2.75) is 32.7 Å². The molecule has 0 amide bonds. The Hall–Kier alpha value is -0.180. The maximum atomic E-state index is 6.05. The molecule has 0 saturated carbocycles. The first-order valence-electron chi connectivity index (χ1n) is 6.34. The summed E-state index contributed by atoms with van der Waals surface area (Å²) in [6.07, 6.45) is 2.40. The first kappa shape index (κ1) is 14.9. The van der Waals surface area contributed by atoms with Crippen LogP contribution in [0.15, 0.2) is 24.3 Å². The van der Waals surface area contributed by atoms with Gasteiger partial charge in [-0.3, -0.25) is 0 Å². The highest BCUT2D eigenvalue weighted by Gasteiger charge is 2.10. The van der Waals surface area contributed by atoms with E-state index in [1.165, 1.54) is 17.7 Å². The lowest BCUT2D eigenvalue weighted by molar-refractivity contribution is 0.577. The second-order valence-electron chi connectivity index (χ2n) is 4.14. The lowest BCUT2D eigenvalue weighted by Crippen LogP contribution is -2.24. The quantitative estimate of drug-likeness (QED) is 0.698. The minimum absolute atomic E-state index is 0.421. The van der Waals surface area contributed by atoms with E-state index in [0.29, 0.717) is 6.04 Å². The maximum absolute atomic E-state index is 6.05. The Morgan fingerprint density at radius 2 is 2.12 bits per heavy atom. The van der Waals surface area contributed by atoms with Gasteiger partial charge in [-0.2, -0.15) is 11.8 Å². The molecule has 17 heavy (non-hydrogen) atoms. The Labute approximate surface area is 114 Å². The summed E-state index contributed by atoms with van der Waals surface area (Å²) in [7, 11) is 0. The van der Waals surface area contributed by atoms with Gasteiger partial charge in [-0.05, 0) is 42.8 Å². The molecule has 1 aromatic carbocycles. The Bertz CT molecular complexity index is 317. The fourth-order valence-electron chi connectivity index (χ4n) is 1.66. The van der Waals surface area contributed by atoms with E-state index in [-0.39, 0.29) is 0 Å². The molecule has 1 N–H and O–H groups in total. The Balaban J connectivity index is 2.60. The number of hydrogen-bond donors (Lipinski definition) is 1. The summed E-state index contributed by atoms with van der Waals surface area (Å²) in [5, 5.41) is 4.42. The molecule has 0 aromatic heterocycles. The molecule has 1 nitrogen and oxygen atoms in total. The normalized spacial score (nSPS) is 12.6. The Morgan fingerprint density at radius 3 is 2.76 bits per heavy atom. The molecular weight excluding hydrogens is 250 g/mol. The van der Waals surface area contributed by atoms with Gasteiger partial charge in [0.1, 0.15) is 0 Å². The van der Waals surface area contributed by atoms with E-state index in [1.54, 1.807) is 0 Å². The highest BCUT2D eigenvalue weighted by atomic mass is 35.5. The molecule has 0 saturated heterocycles. The molecule has 0 aliphatic carbocycles. The Morgan fingerprint density at radius 1 is 1.29 bits per heavy atom. The molecule has 0 spiro atoms. The molecule has 1 unspecified atom stereocenters. The molecule has 0 fully saturated rings. The van der Waals surface area contributed by atoms with Crippen LogP contribution in [0.5, 0.6) is 0 Å². The van der Waals surface area contributed by atoms with Gasteiger partial charge in [-0.25, -0.2) is 0 Å². The van der Waals surface area contributed by atoms with E-state index < -0.39 is 0 Å². The number of benzene rings is 1. The van der Waals surface area contributed by atoms with Gasteiger partial charge < -0.3 is 5.32 Å². The zero-order chi connectivity index (χ0) is 12.5. The van der Waals surface area contributed by atoms with E-state index >= 15 is 0 Å². The second-order valence-corrected chi connectivity index (χ2v) is 5.72. The number of nitrogens with one attached hydrogen (secondary N) is 1. The van der Waals surface area contributed by atoms with E-state index in [9.17, 15) is 0 Å². The fraction of sp³-hybridized carbons (Fsp3) is 0.571. The van der Waals surface area contributed by atoms with Crippen LogP contribution in [0, 0.1) is 0 Å². The number of rotatable bonds is 8. The molecule has 1 atom stereocenters. The first-order chi connectivity index (χ1) is 8.27. The summed E-state index contributed by atoms with van der Waals surface area (Å²) < 4.78 is 0. The van der Waals surface area contributed by atoms with Gasteiger partial charge in [0.2, 0.25) is 0 Å². The summed E-state index contributed by atoms with van der Waals surface area (Å²) in [4.78, 5) is 0. The van der Waals surface area contributed by atoms with Crippen molar-refractivity contribution in [3.63, 3.8) is 0 Å². The van der Waals surface area contributed by atoms with Crippen molar-refractivity contribution in [1.29, 1.82) is 0 Å². The highest BCUT2D eigenvalue weighted by molar-refractivity contribution is 7.99. The highest BCUT2D eigenvalue weighted by Crippen LogP contribution is 2.21. The van der Waals surface area contributed by atoms with Crippen LogP contribution in [0.3, 0.4) is 0 Å². The zero-order valence-electron chi connectivity index (χ0n) is 10.7. The van der Waals surface area contributed by atoms with Crippen molar-refractivity contribution in [3.05, 3.63) is 34.9 Å². The van der Waals surface area contributed by atoms with Crippen LogP contribution in [0.2, 0.25) is 5.02 Å². The second kappa shape index (κ2) is 8.84. The molecule has 0 aliphatic rings. The number of thioether (sulfide) groups is 1. The fourth-order valence-corrected chi connectivity index (χ4v) is 2.86. The minimum atomic E-state index is 0.421. The molecule has 1 aromatic rings. The molecule has 0 radical (unpaired) electrons. The average Bonchev–Trinajstić information content (AvgIpc) is 2.33. The summed E-state index contributed by atoms with van der Waals surface area (Å²) in [6.45, 7) is 5.48. The van der Waals surface area contributed by atoms with Crippen LogP contribution in [0.1, 0.15) is 38.3 Å². The smallest absolute Gasteiger partial charge is 0.0412 e. The van der Waals surface area contributed by atoms with Crippen LogP contribution in [0.4, 0.5) is 0 Å². The van der Waals surface area contributed by atoms with E-state index in [2.05, 4.69) is 31.3 Å². The number of halogens is 1. The van der Waals surface area contributed by atoms with Crippen molar-refractivity contribution in [2.24, 2.45) is 0 Å². The largest absolute Gasteiger partial charge is 0.309 e. The molecule has 0 heterocycles. The SMILES string of the molecule is CCCNC(CSCCC)c1cccc(Cl)c1. The van der Waals surface area contributed by atoms with E-state index in [0.717, 1.165) is 23.7 Å². The van der Waals surface area contributed by atoms with Crippen molar-refractivity contribution < 1.29 is 0 Å².